The summed E-state index contributed by atoms with van der Waals surface area (Å²) >= 11 is 0. The molecule has 10 rings (SSSR count). The molecule has 0 spiro atoms. The van der Waals surface area contributed by atoms with Gasteiger partial charge in [0, 0.05) is 49.7 Å². The molecule has 0 saturated heterocycles. The molecule has 0 radical (unpaired) electrons. The van der Waals surface area contributed by atoms with Gasteiger partial charge in [0.1, 0.15) is 0 Å². The summed E-state index contributed by atoms with van der Waals surface area (Å²) in [5, 5.41) is 14.6. The van der Waals surface area contributed by atoms with Gasteiger partial charge < -0.3 is 9.13 Å². The van der Waals surface area contributed by atoms with Crippen LogP contribution in [-0.2, 0) is 0 Å². The van der Waals surface area contributed by atoms with Crippen molar-refractivity contribution in [1.29, 1.82) is 0 Å². The number of hydrogen-bond donors (Lipinski definition) is 0. The van der Waals surface area contributed by atoms with E-state index in [4.69, 9.17) is 10.2 Å². The lowest BCUT2D eigenvalue weighted by atomic mass is 10.1. The first-order chi connectivity index (χ1) is 24.3. The van der Waals surface area contributed by atoms with Crippen molar-refractivity contribution in [2.24, 2.45) is 0 Å². The fourth-order valence-corrected chi connectivity index (χ4v) is 7.49. The molecular weight excluding hydrogens is 599 g/mol. The largest absolute Gasteiger partial charge is 0.309 e. The number of rotatable bonds is 5. The van der Waals surface area contributed by atoms with Crippen molar-refractivity contribution < 1.29 is 0 Å². The van der Waals surface area contributed by atoms with E-state index in [1.165, 1.54) is 32.6 Å². The van der Waals surface area contributed by atoms with E-state index in [9.17, 15) is 0 Å². The maximum absolute atomic E-state index is 4.92. The molecule has 0 saturated carbocycles. The summed E-state index contributed by atoms with van der Waals surface area (Å²) in [5.41, 5.74) is 9.82. The van der Waals surface area contributed by atoms with Crippen molar-refractivity contribution in [3.05, 3.63) is 176 Å². The van der Waals surface area contributed by atoms with E-state index in [1.54, 1.807) is 0 Å². The Balaban J connectivity index is 1.27. The van der Waals surface area contributed by atoms with E-state index >= 15 is 0 Å². The van der Waals surface area contributed by atoms with Crippen LogP contribution < -0.4 is 0 Å². The number of fused-ring (bicyclic) bond motifs is 6. The smallest absolute Gasteiger partial charge is 0.171 e. The van der Waals surface area contributed by atoms with E-state index in [2.05, 4.69) is 165 Å². The molecule has 7 aromatic carbocycles. The summed E-state index contributed by atoms with van der Waals surface area (Å²) in [6, 6.07) is 62.1. The van der Waals surface area contributed by atoms with Gasteiger partial charge >= 0.3 is 0 Å². The highest BCUT2D eigenvalue weighted by Gasteiger charge is 2.23. The zero-order valence-electron chi connectivity index (χ0n) is 26.5. The van der Waals surface area contributed by atoms with Gasteiger partial charge in [0.15, 0.2) is 11.6 Å². The lowest BCUT2D eigenvalue weighted by Gasteiger charge is -2.15. The molecule has 0 bridgehead atoms. The van der Waals surface area contributed by atoms with Gasteiger partial charge in [-0.15, -0.1) is 10.2 Å². The highest BCUT2D eigenvalue weighted by Crippen LogP contribution is 2.40. The molecule has 49 heavy (non-hydrogen) atoms. The van der Waals surface area contributed by atoms with Crippen molar-refractivity contribution in [2.45, 2.75) is 0 Å². The van der Waals surface area contributed by atoms with Crippen molar-refractivity contribution in [2.75, 3.05) is 0 Å². The molecular formula is C44H29N5. The molecule has 5 heteroatoms. The SMILES string of the molecule is c1ccc(-c2nnc(-c3cccc4c5ccccc5n(-c5cccc(-n6c7ccccc7c7ccccc76)c5)c34)n2-c2ccccc2)cc1. The number of hydrogen-bond acceptors (Lipinski definition) is 2. The molecule has 0 atom stereocenters. The minimum absolute atomic E-state index is 0.790. The fourth-order valence-electron chi connectivity index (χ4n) is 7.49. The Hall–Kier alpha value is -6.72. The average molecular weight is 628 g/mol. The molecule has 0 amide bonds. The van der Waals surface area contributed by atoms with E-state index in [0.29, 0.717) is 0 Å². The number of aromatic nitrogens is 5. The molecule has 0 N–H and O–H groups in total. The molecule has 0 aliphatic carbocycles. The van der Waals surface area contributed by atoms with Crippen LogP contribution in [0.1, 0.15) is 0 Å². The zero-order chi connectivity index (χ0) is 32.3. The minimum Gasteiger partial charge on any atom is -0.309 e. The maximum Gasteiger partial charge on any atom is 0.171 e. The summed E-state index contributed by atoms with van der Waals surface area (Å²) < 4.78 is 6.95. The zero-order valence-corrected chi connectivity index (χ0v) is 26.5. The van der Waals surface area contributed by atoms with Gasteiger partial charge in [-0.1, -0.05) is 121 Å². The van der Waals surface area contributed by atoms with Gasteiger partial charge in [0.05, 0.1) is 22.1 Å². The van der Waals surface area contributed by atoms with Crippen LogP contribution in [0.3, 0.4) is 0 Å². The van der Waals surface area contributed by atoms with Crippen molar-refractivity contribution in [1.82, 2.24) is 23.9 Å². The Kier molecular flexibility index (Phi) is 6.11. The highest BCUT2D eigenvalue weighted by molar-refractivity contribution is 6.14. The predicted octanol–water partition coefficient (Wildman–Crippen LogP) is 10.8. The molecule has 0 fully saturated rings. The quantitative estimate of drug-likeness (QED) is 0.190. The van der Waals surface area contributed by atoms with Crippen LogP contribution in [0.2, 0.25) is 0 Å². The molecule has 0 unspecified atom stereocenters. The first-order valence-electron chi connectivity index (χ1n) is 16.5. The summed E-state index contributed by atoms with van der Waals surface area (Å²) in [5.74, 6) is 1.59. The molecule has 0 aliphatic heterocycles. The van der Waals surface area contributed by atoms with E-state index in [0.717, 1.165) is 50.9 Å². The summed E-state index contributed by atoms with van der Waals surface area (Å²) in [6.45, 7) is 0. The standard InChI is InChI=1S/C44H29N5/c1-3-15-30(16-4-1)43-45-46-44(49(43)31-17-5-2-6-18-31)38-25-14-24-37-36-23-9-12-28-41(36)48(42(37)38)33-20-13-19-32(29-33)47-39-26-10-7-21-34(39)35-22-8-11-27-40(35)47/h1-29H. The van der Waals surface area contributed by atoms with Gasteiger partial charge in [-0.05, 0) is 54.6 Å². The Morgan fingerprint density at radius 2 is 0.796 bits per heavy atom. The fraction of sp³-hybridized carbons (Fsp3) is 0. The lowest BCUT2D eigenvalue weighted by molar-refractivity contribution is 1.07. The maximum atomic E-state index is 4.92. The Morgan fingerprint density at radius 3 is 1.47 bits per heavy atom. The van der Waals surface area contributed by atoms with Gasteiger partial charge in [0.2, 0.25) is 0 Å². The van der Waals surface area contributed by atoms with Crippen LogP contribution in [-0.4, -0.2) is 23.9 Å². The summed E-state index contributed by atoms with van der Waals surface area (Å²) in [4.78, 5) is 0. The van der Waals surface area contributed by atoms with Crippen molar-refractivity contribution in [3.8, 4) is 39.8 Å². The third kappa shape index (κ3) is 4.19. The first-order valence-corrected chi connectivity index (χ1v) is 16.5. The summed E-state index contributed by atoms with van der Waals surface area (Å²) in [6.07, 6.45) is 0. The second-order valence-electron chi connectivity index (χ2n) is 12.3. The van der Waals surface area contributed by atoms with Crippen LogP contribution in [0, 0.1) is 0 Å². The third-order valence-corrected chi connectivity index (χ3v) is 9.57. The molecule has 3 heterocycles. The predicted molar refractivity (Wildman–Crippen MR) is 201 cm³/mol. The molecule has 5 nitrogen and oxygen atoms in total. The second-order valence-corrected chi connectivity index (χ2v) is 12.3. The lowest BCUT2D eigenvalue weighted by Crippen LogP contribution is -2.02. The second kappa shape index (κ2) is 10.9. The average Bonchev–Trinajstić information content (AvgIpc) is 3.86. The molecule has 0 aliphatic rings. The van der Waals surface area contributed by atoms with E-state index < -0.39 is 0 Å². The number of para-hydroxylation sites is 5. The van der Waals surface area contributed by atoms with Crippen LogP contribution in [0.4, 0.5) is 0 Å². The number of nitrogens with zero attached hydrogens (tertiary/aromatic N) is 5. The Bertz CT molecular complexity index is 2770. The highest BCUT2D eigenvalue weighted by atomic mass is 15.3. The summed E-state index contributed by atoms with van der Waals surface area (Å²) in [7, 11) is 0. The van der Waals surface area contributed by atoms with Gasteiger partial charge in [0.25, 0.3) is 0 Å². The van der Waals surface area contributed by atoms with Gasteiger partial charge in [-0.2, -0.15) is 0 Å². The van der Waals surface area contributed by atoms with E-state index in [1.807, 2.05) is 24.3 Å². The van der Waals surface area contributed by atoms with Crippen LogP contribution in [0.5, 0.6) is 0 Å². The van der Waals surface area contributed by atoms with Crippen molar-refractivity contribution in [3.63, 3.8) is 0 Å². The Labute approximate surface area is 282 Å². The van der Waals surface area contributed by atoms with Gasteiger partial charge in [-0.25, -0.2) is 0 Å². The van der Waals surface area contributed by atoms with Gasteiger partial charge in [-0.3, -0.25) is 4.57 Å². The monoisotopic (exact) mass is 627 g/mol. The topological polar surface area (TPSA) is 40.6 Å². The molecule has 3 aromatic heterocycles. The normalized spacial score (nSPS) is 11.7. The molecule has 10 aromatic rings. The minimum atomic E-state index is 0.790. The van der Waals surface area contributed by atoms with E-state index in [-0.39, 0.29) is 0 Å². The van der Waals surface area contributed by atoms with Crippen LogP contribution in [0.25, 0.3) is 83.4 Å². The third-order valence-electron chi connectivity index (χ3n) is 9.57. The first kappa shape index (κ1) is 27.4. The number of benzene rings is 7. The van der Waals surface area contributed by atoms with Crippen LogP contribution >= 0.6 is 0 Å². The molecule has 230 valence electrons. The Morgan fingerprint density at radius 1 is 0.327 bits per heavy atom. The van der Waals surface area contributed by atoms with Crippen LogP contribution in [0.15, 0.2) is 176 Å². The van der Waals surface area contributed by atoms with Crippen molar-refractivity contribution >= 4 is 43.6 Å².